The number of benzene rings is 1. The first-order valence-corrected chi connectivity index (χ1v) is 6.43. The van der Waals surface area contributed by atoms with E-state index in [4.69, 9.17) is 5.26 Å². The van der Waals surface area contributed by atoms with Crippen LogP contribution in [0.25, 0.3) is 0 Å². The molecule has 0 radical (unpaired) electrons. The second-order valence-corrected chi connectivity index (χ2v) is 4.70. The molecule has 106 valence electrons. The van der Waals surface area contributed by atoms with Crippen LogP contribution < -0.4 is 0 Å². The van der Waals surface area contributed by atoms with Crippen LogP contribution in [0.4, 0.5) is 0 Å². The predicted octanol–water partition coefficient (Wildman–Crippen LogP) is 1.15. The van der Waals surface area contributed by atoms with Gasteiger partial charge in [-0.15, -0.1) is 0 Å². The Morgan fingerprint density at radius 3 is 2.20 bits per heavy atom. The van der Waals surface area contributed by atoms with Gasteiger partial charge in [0, 0.05) is 19.7 Å². The third-order valence-electron chi connectivity index (χ3n) is 3.01. The molecule has 5 nitrogen and oxygen atoms in total. The molecule has 0 aromatic heterocycles. The van der Waals surface area contributed by atoms with Crippen molar-refractivity contribution in [2.24, 2.45) is 0 Å². The summed E-state index contributed by atoms with van der Waals surface area (Å²) in [5.41, 5.74) is 1.08. The summed E-state index contributed by atoms with van der Waals surface area (Å²) < 4.78 is 0. The summed E-state index contributed by atoms with van der Waals surface area (Å²) in [6.45, 7) is 2.96. The zero-order valence-electron chi connectivity index (χ0n) is 12.1. The van der Waals surface area contributed by atoms with Crippen LogP contribution in [0.15, 0.2) is 24.3 Å². The lowest BCUT2D eigenvalue weighted by molar-refractivity contribution is -0.129. The average Bonchev–Trinajstić information content (AvgIpc) is 2.46. The second kappa shape index (κ2) is 7.41. The topological polar surface area (TPSA) is 64.4 Å². The first kappa shape index (κ1) is 15.9. The fourth-order valence-corrected chi connectivity index (χ4v) is 1.64. The molecule has 5 heteroatoms. The molecule has 1 aromatic rings. The summed E-state index contributed by atoms with van der Waals surface area (Å²) in [6, 6.07) is 8.53. The number of nitrogens with zero attached hydrogens (tertiary/aromatic N) is 3. The van der Waals surface area contributed by atoms with E-state index in [1.807, 2.05) is 13.0 Å². The molecule has 20 heavy (non-hydrogen) atoms. The Bertz CT molecular complexity index is 515. The highest BCUT2D eigenvalue weighted by atomic mass is 16.2. The maximum Gasteiger partial charge on any atom is 0.236 e. The molecule has 0 fully saturated rings. The summed E-state index contributed by atoms with van der Waals surface area (Å²) in [6.07, 6.45) is 0. The highest BCUT2D eigenvalue weighted by Gasteiger charge is 2.15. The van der Waals surface area contributed by atoms with Crippen LogP contribution in [0, 0.1) is 11.3 Å². The van der Waals surface area contributed by atoms with Gasteiger partial charge >= 0.3 is 0 Å². The smallest absolute Gasteiger partial charge is 0.236 e. The van der Waals surface area contributed by atoms with E-state index in [9.17, 15) is 9.59 Å². The van der Waals surface area contributed by atoms with Crippen LogP contribution in [-0.4, -0.2) is 55.2 Å². The van der Waals surface area contributed by atoms with Gasteiger partial charge in [0.15, 0.2) is 5.78 Å². The first-order chi connectivity index (χ1) is 9.47. The minimum atomic E-state index is -0.0529. The first-order valence-electron chi connectivity index (χ1n) is 6.43. The number of hydrogen-bond donors (Lipinski definition) is 0. The minimum absolute atomic E-state index is 0.0283. The van der Waals surface area contributed by atoms with E-state index in [0.29, 0.717) is 17.7 Å². The van der Waals surface area contributed by atoms with E-state index in [-0.39, 0.29) is 24.8 Å². The van der Waals surface area contributed by atoms with Crippen LogP contribution in [0.1, 0.15) is 22.8 Å². The summed E-state index contributed by atoms with van der Waals surface area (Å²) in [5, 5.41) is 8.72. The lowest BCUT2D eigenvalue weighted by Gasteiger charge is -2.21. The number of carbonyl (C=O) groups excluding carboxylic acids is 2. The molecule has 0 atom stereocenters. The van der Waals surface area contributed by atoms with Crippen molar-refractivity contribution in [1.82, 2.24) is 9.80 Å². The Hall–Kier alpha value is -2.19. The monoisotopic (exact) mass is 273 g/mol. The van der Waals surface area contributed by atoms with Crippen molar-refractivity contribution in [1.29, 1.82) is 5.26 Å². The number of hydrogen-bond acceptors (Lipinski definition) is 4. The molecule has 0 heterocycles. The molecule has 0 N–H and O–H groups in total. The highest BCUT2D eigenvalue weighted by molar-refractivity contribution is 5.97. The van der Waals surface area contributed by atoms with Crippen molar-refractivity contribution >= 4 is 11.7 Å². The number of Topliss-reactive ketones (excluding diaryl/α,β-unsaturated/α-hetero) is 1. The van der Waals surface area contributed by atoms with E-state index in [2.05, 4.69) is 0 Å². The second-order valence-electron chi connectivity index (χ2n) is 4.70. The van der Waals surface area contributed by atoms with Crippen LogP contribution in [0.5, 0.6) is 0 Å². The molecule has 0 aliphatic heterocycles. The SMILES string of the molecule is CCN(CC(=O)c1ccc(C#N)cc1)CC(=O)N(C)C. The normalized spacial score (nSPS) is 10.2. The van der Waals surface area contributed by atoms with Gasteiger partial charge in [0.05, 0.1) is 24.7 Å². The van der Waals surface area contributed by atoms with Gasteiger partial charge in [-0.2, -0.15) is 5.26 Å². The summed E-state index contributed by atoms with van der Waals surface area (Å²) in [7, 11) is 3.39. The van der Waals surface area contributed by atoms with Crippen LogP contribution in [0.2, 0.25) is 0 Å². The molecule has 0 unspecified atom stereocenters. The standard InChI is InChI=1S/C15H19N3O2/c1-4-18(11-15(20)17(2)3)10-14(19)13-7-5-12(9-16)6-8-13/h5-8H,4,10-11H2,1-3H3. The maximum absolute atomic E-state index is 12.1. The highest BCUT2D eigenvalue weighted by Crippen LogP contribution is 2.05. The molecule has 0 saturated carbocycles. The van der Waals surface area contributed by atoms with Crippen molar-refractivity contribution in [2.45, 2.75) is 6.92 Å². The van der Waals surface area contributed by atoms with Gasteiger partial charge in [-0.05, 0) is 18.7 Å². The van der Waals surface area contributed by atoms with Gasteiger partial charge in [-0.25, -0.2) is 0 Å². The molecule has 0 aliphatic carbocycles. The lowest BCUT2D eigenvalue weighted by atomic mass is 10.1. The number of likely N-dealkylation sites (N-methyl/N-ethyl adjacent to an activating group) is 2. The van der Waals surface area contributed by atoms with Gasteiger partial charge in [0.25, 0.3) is 0 Å². The largest absolute Gasteiger partial charge is 0.348 e. The summed E-state index contributed by atoms with van der Waals surface area (Å²) in [4.78, 5) is 27.1. The van der Waals surface area contributed by atoms with Crippen LogP contribution >= 0.6 is 0 Å². The number of nitriles is 1. The van der Waals surface area contributed by atoms with Gasteiger partial charge < -0.3 is 4.90 Å². The van der Waals surface area contributed by atoms with Crippen LogP contribution in [-0.2, 0) is 4.79 Å². The Morgan fingerprint density at radius 2 is 1.75 bits per heavy atom. The number of rotatable bonds is 6. The molecule has 0 saturated heterocycles. The quantitative estimate of drug-likeness (QED) is 0.729. The van der Waals surface area contributed by atoms with Crippen molar-refractivity contribution < 1.29 is 9.59 Å². The number of carbonyl (C=O) groups is 2. The van der Waals surface area contributed by atoms with Crippen molar-refractivity contribution in [3.05, 3.63) is 35.4 Å². The zero-order valence-corrected chi connectivity index (χ0v) is 12.1. The minimum Gasteiger partial charge on any atom is -0.348 e. The van der Waals surface area contributed by atoms with Gasteiger partial charge in [-0.3, -0.25) is 14.5 Å². The molecular formula is C15H19N3O2. The van der Waals surface area contributed by atoms with Gasteiger partial charge in [0.2, 0.25) is 5.91 Å². The Balaban J connectivity index is 2.67. The number of amides is 1. The maximum atomic E-state index is 12.1. The van der Waals surface area contributed by atoms with Crippen LogP contribution in [0.3, 0.4) is 0 Å². The van der Waals surface area contributed by atoms with E-state index in [0.717, 1.165) is 0 Å². The predicted molar refractivity (Wildman–Crippen MR) is 76.3 cm³/mol. The third kappa shape index (κ3) is 4.48. The molecule has 1 rings (SSSR count). The van der Waals surface area contributed by atoms with Gasteiger partial charge in [-0.1, -0.05) is 19.1 Å². The van der Waals surface area contributed by atoms with Crippen molar-refractivity contribution in [3.63, 3.8) is 0 Å². The molecule has 1 amide bonds. The summed E-state index contributed by atoms with van der Waals surface area (Å²) >= 11 is 0. The fourth-order valence-electron chi connectivity index (χ4n) is 1.64. The average molecular weight is 273 g/mol. The molecule has 0 spiro atoms. The molecule has 0 aliphatic rings. The molecule has 1 aromatic carbocycles. The third-order valence-corrected chi connectivity index (χ3v) is 3.01. The van der Waals surface area contributed by atoms with E-state index < -0.39 is 0 Å². The van der Waals surface area contributed by atoms with Crippen molar-refractivity contribution in [3.8, 4) is 6.07 Å². The Labute approximate surface area is 119 Å². The number of ketones is 1. The van der Waals surface area contributed by atoms with Gasteiger partial charge in [0.1, 0.15) is 0 Å². The zero-order chi connectivity index (χ0) is 15.1. The fraction of sp³-hybridized carbons (Fsp3) is 0.400. The van der Waals surface area contributed by atoms with E-state index in [1.54, 1.807) is 43.3 Å². The Morgan fingerprint density at radius 1 is 1.15 bits per heavy atom. The van der Waals surface area contributed by atoms with E-state index in [1.165, 1.54) is 4.90 Å². The lowest BCUT2D eigenvalue weighted by Crippen LogP contribution is -2.39. The van der Waals surface area contributed by atoms with E-state index >= 15 is 0 Å². The van der Waals surface area contributed by atoms with Crippen molar-refractivity contribution in [2.75, 3.05) is 33.7 Å². The Kier molecular flexibility index (Phi) is 5.88. The summed E-state index contributed by atoms with van der Waals surface area (Å²) in [5.74, 6) is -0.0811. The molecule has 0 bridgehead atoms. The molecular weight excluding hydrogens is 254 g/mol.